The summed E-state index contributed by atoms with van der Waals surface area (Å²) in [5, 5.41) is 9.62. The Morgan fingerprint density at radius 3 is 0.970 bits per heavy atom. The van der Waals surface area contributed by atoms with Crippen molar-refractivity contribution in [3.63, 3.8) is 0 Å². The number of aliphatic hydroxyl groups is 1. The highest BCUT2D eigenvalue weighted by molar-refractivity contribution is 5.70. The van der Waals surface area contributed by atoms with E-state index in [0.29, 0.717) is 12.8 Å². The molecule has 0 amide bonds. The zero-order chi connectivity index (χ0) is 47.7. The SMILES string of the molecule is CC/C=C\C/C=C\C/C=C\C/C=C\C/C=C\C/C=C\C/C=C\C/C=C\CCCCCCCCCCC(=O)OC(CO)COC(=O)CC/C=C\C/C=C\C/C=C\C/C=C\C/C=C\C/C=C\CC. The molecule has 0 aliphatic carbocycles. The van der Waals surface area contributed by atoms with Crippen LogP contribution >= 0.6 is 0 Å². The van der Waals surface area contributed by atoms with E-state index in [1.54, 1.807) is 0 Å². The van der Waals surface area contributed by atoms with E-state index < -0.39 is 6.10 Å². The van der Waals surface area contributed by atoms with Crippen LogP contribution in [0.2, 0.25) is 0 Å². The van der Waals surface area contributed by atoms with E-state index in [1.807, 2.05) is 12.2 Å². The third kappa shape index (κ3) is 51.9. The lowest BCUT2D eigenvalue weighted by molar-refractivity contribution is -0.161. The maximum absolute atomic E-state index is 12.3. The summed E-state index contributed by atoms with van der Waals surface area (Å²) in [7, 11) is 0. The molecule has 0 heterocycles. The number of hydrogen-bond acceptors (Lipinski definition) is 5. The Morgan fingerprint density at radius 1 is 0.348 bits per heavy atom. The monoisotopic (exact) mass is 905 g/mol. The molecule has 1 unspecified atom stereocenters. The molecule has 0 saturated heterocycles. The van der Waals surface area contributed by atoms with E-state index in [9.17, 15) is 14.7 Å². The van der Waals surface area contributed by atoms with Crippen LogP contribution in [-0.2, 0) is 19.1 Å². The van der Waals surface area contributed by atoms with E-state index >= 15 is 0 Å². The summed E-state index contributed by atoms with van der Waals surface area (Å²) in [4.78, 5) is 24.4. The maximum Gasteiger partial charge on any atom is 0.306 e. The zero-order valence-electron chi connectivity index (χ0n) is 41.6. The summed E-state index contributed by atoms with van der Waals surface area (Å²) in [5.74, 6) is -0.714. The van der Waals surface area contributed by atoms with Gasteiger partial charge in [-0.1, -0.05) is 223 Å². The van der Waals surface area contributed by atoms with Crippen molar-refractivity contribution >= 4 is 11.9 Å². The van der Waals surface area contributed by atoms with Gasteiger partial charge in [0.25, 0.3) is 0 Å². The van der Waals surface area contributed by atoms with Crippen LogP contribution in [0.5, 0.6) is 0 Å². The number of allylic oxidation sites excluding steroid dienone is 28. The van der Waals surface area contributed by atoms with Crippen molar-refractivity contribution in [2.75, 3.05) is 13.2 Å². The summed E-state index contributed by atoms with van der Waals surface area (Å²) in [6, 6.07) is 0. The fourth-order valence-corrected chi connectivity index (χ4v) is 6.24. The van der Waals surface area contributed by atoms with Gasteiger partial charge in [0.2, 0.25) is 0 Å². The highest BCUT2D eigenvalue weighted by Gasteiger charge is 2.15. The predicted molar refractivity (Wildman–Crippen MR) is 287 cm³/mol. The van der Waals surface area contributed by atoms with E-state index in [4.69, 9.17) is 9.47 Å². The van der Waals surface area contributed by atoms with Crippen molar-refractivity contribution in [1.82, 2.24) is 0 Å². The topological polar surface area (TPSA) is 72.8 Å². The minimum atomic E-state index is -0.822. The lowest BCUT2D eigenvalue weighted by Crippen LogP contribution is -2.28. The average Bonchev–Trinajstić information content (AvgIpc) is 3.32. The smallest absolute Gasteiger partial charge is 0.306 e. The first-order chi connectivity index (χ1) is 32.6. The molecule has 366 valence electrons. The molecular weight excluding hydrogens is 813 g/mol. The summed E-state index contributed by atoms with van der Waals surface area (Å²) >= 11 is 0. The number of hydrogen-bond donors (Lipinski definition) is 1. The highest BCUT2D eigenvalue weighted by Crippen LogP contribution is 2.12. The number of carbonyl (C=O) groups is 2. The normalized spacial score (nSPS) is 13.7. The number of rotatable bonds is 44. The van der Waals surface area contributed by atoms with Gasteiger partial charge >= 0.3 is 11.9 Å². The Hall–Kier alpha value is -4.74. The molecule has 0 fully saturated rings. The van der Waals surface area contributed by atoms with Crippen LogP contribution in [0.1, 0.15) is 181 Å². The lowest BCUT2D eigenvalue weighted by atomic mass is 10.1. The summed E-state index contributed by atoms with van der Waals surface area (Å²) in [6.45, 7) is 3.82. The van der Waals surface area contributed by atoms with E-state index in [0.717, 1.165) is 116 Å². The van der Waals surface area contributed by atoms with Gasteiger partial charge in [0, 0.05) is 12.8 Å². The van der Waals surface area contributed by atoms with Gasteiger partial charge in [-0.05, 0) is 116 Å². The van der Waals surface area contributed by atoms with Crippen LogP contribution in [-0.4, -0.2) is 36.4 Å². The van der Waals surface area contributed by atoms with Crippen LogP contribution in [0.25, 0.3) is 0 Å². The van der Waals surface area contributed by atoms with Gasteiger partial charge in [-0.15, -0.1) is 0 Å². The van der Waals surface area contributed by atoms with Gasteiger partial charge < -0.3 is 14.6 Å². The van der Waals surface area contributed by atoms with E-state index in [2.05, 4.69) is 172 Å². The molecule has 0 bridgehead atoms. The van der Waals surface area contributed by atoms with Gasteiger partial charge in [0.15, 0.2) is 6.10 Å². The first-order valence-corrected chi connectivity index (χ1v) is 25.7. The summed E-state index contributed by atoms with van der Waals surface area (Å²) < 4.78 is 10.6. The molecule has 0 rings (SSSR count). The van der Waals surface area contributed by atoms with Crippen LogP contribution in [0.4, 0.5) is 0 Å². The second kappa shape index (κ2) is 54.6. The van der Waals surface area contributed by atoms with Crippen LogP contribution < -0.4 is 0 Å². The molecule has 66 heavy (non-hydrogen) atoms. The summed E-state index contributed by atoms with van der Waals surface area (Å²) in [5.41, 5.74) is 0. The van der Waals surface area contributed by atoms with Crippen molar-refractivity contribution in [2.45, 2.75) is 187 Å². The molecule has 1 atom stereocenters. The second-order valence-corrected chi connectivity index (χ2v) is 16.1. The lowest BCUT2D eigenvalue weighted by Gasteiger charge is -2.15. The van der Waals surface area contributed by atoms with Crippen molar-refractivity contribution in [3.8, 4) is 0 Å². The molecule has 0 saturated carbocycles. The minimum absolute atomic E-state index is 0.122. The van der Waals surface area contributed by atoms with Crippen LogP contribution in [0.15, 0.2) is 170 Å². The number of carbonyl (C=O) groups excluding carboxylic acids is 2. The summed E-state index contributed by atoms with van der Waals surface area (Å²) in [6.07, 6.45) is 85.9. The maximum atomic E-state index is 12.3. The first-order valence-electron chi connectivity index (χ1n) is 25.7. The van der Waals surface area contributed by atoms with Gasteiger partial charge in [-0.2, -0.15) is 0 Å². The van der Waals surface area contributed by atoms with Crippen molar-refractivity contribution in [2.24, 2.45) is 0 Å². The van der Waals surface area contributed by atoms with E-state index in [1.165, 1.54) is 32.1 Å². The van der Waals surface area contributed by atoms with Crippen LogP contribution in [0.3, 0.4) is 0 Å². The predicted octanol–water partition coefficient (Wildman–Crippen LogP) is 17.4. The molecule has 5 heteroatoms. The Bertz CT molecular complexity index is 1540. The fraction of sp³-hybridized carbons (Fsp3) is 0.508. The molecule has 1 N–H and O–H groups in total. The van der Waals surface area contributed by atoms with Crippen molar-refractivity contribution in [3.05, 3.63) is 170 Å². The largest absolute Gasteiger partial charge is 0.462 e. The molecule has 0 aromatic heterocycles. The highest BCUT2D eigenvalue weighted by atomic mass is 16.6. The Balaban J connectivity index is 3.70. The molecule has 0 radical (unpaired) electrons. The Morgan fingerprint density at radius 2 is 0.636 bits per heavy atom. The second-order valence-electron chi connectivity index (χ2n) is 16.1. The standard InChI is InChI=1S/C61H92O5/c1-3-5-7-9-11-13-15-17-19-21-23-24-25-26-27-28-29-30-31-32-33-34-35-36-38-40-42-44-46-48-50-52-54-56-61(64)66-59(57-62)58-65-60(63)55-53-51-49-47-45-43-41-39-37-22-20-18-16-14-12-10-8-6-4-2/h5-8,11-14,17-20,23-24,26-27,29-30,32-33,35-37,39,43,45,49,51,59,62H,3-4,9-10,15-16,21-22,25,28,31,34,38,40-42,44,46-48,50,52-58H2,1-2H3/b7-5-,8-6-,13-11-,14-12-,19-17-,20-18-,24-23-,27-26-,30-29-,33-32-,36-35-,39-37-,45-43-,51-49-. The van der Waals surface area contributed by atoms with Gasteiger partial charge in [-0.25, -0.2) is 0 Å². The fourth-order valence-electron chi connectivity index (χ4n) is 6.24. The molecule has 0 aromatic rings. The molecule has 0 aliphatic heterocycles. The van der Waals surface area contributed by atoms with Gasteiger partial charge in [0.05, 0.1) is 6.61 Å². The molecule has 0 aromatic carbocycles. The number of aliphatic hydroxyl groups excluding tert-OH is 1. The van der Waals surface area contributed by atoms with Crippen molar-refractivity contribution in [1.29, 1.82) is 0 Å². The molecule has 0 spiro atoms. The molecular formula is C61H92O5. The molecule has 0 aliphatic rings. The van der Waals surface area contributed by atoms with Gasteiger partial charge in [0.1, 0.15) is 6.61 Å². The number of unbranched alkanes of at least 4 members (excludes halogenated alkanes) is 8. The van der Waals surface area contributed by atoms with Gasteiger partial charge in [-0.3, -0.25) is 9.59 Å². The number of esters is 2. The number of ether oxygens (including phenoxy) is 2. The Kier molecular flexibility index (Phi) is 50.7. The Labute approximate surface area is 404 Å². The zero-order valence-corrected chi connectivity index (χ0v) is 41.6. The van der Waals surface area contributed by atoms with Crippen molar-refractivity contribution < 1.29 is 24.2 Å². The molecule has 5 nitrogen and oxygen atoms in total. The third-order valence-electron chi connectivity index (χ3n) is 10.0. The third-order valence-corrected chi connectivity index (χ3v) is 10.0. The first kappa shape index (κ1) is 61.3. The quantitative estimate of drug-likeness (QED) is 0.0375. The van der Waals surface area contributed by atoms with E-state index in [-0.39, 0.29) is 31.6 Å². The average molecular weight is 905 g/mol. The van der Waals surface area contributed by atoms with Crippen LogP contribution in [0, 0.1) is 0 Å². The minimum Gasteiger partial charge on any atom is -0.462 e.